The number of amides is 2. The lowest BCUT2D eigenvalue weighted by Crippen LogP contribution is -2.28. The van der Waals surface area contributed by atoms with Gasteiger partial charge in [0.1, 0.15) is 5.25 Å². The Morgan fingerprint density at radius 1 is 1.22 bits per heavy atom. The molecule has 1 saturated heterocycles. The Labute approximate surface area is 170 Å². The number of benzene rings is 2. The molecule has 138 valence electrons. The zero-order chi connectivity index (χ0) is 19.2. The summed E-state index contributed by atoms with van der Waals surface area (Å²) in [7, 11) is 0. The average Bonchev–Trinajstić information content (AvgIpc) is 2.97. The van der Waals surface area contributed by atoms with Gasteiger partial charge in [-0.05, 0) is 24.3 Å². The van der Waals surface area contributed by atoms with E-state index in [2.05, 4.69) is 20.8 Å². The van der Waals surface area contributed by atoms with Gasteiger partial charge in [0.25, 0.3) is 0 Å². The Balaban J connectivity index is 1.57. The molecule has 1 aliphatic rings. The van der Waals surface area contributed by atoms with E-state index in [1.807, 2.05) is 18.2 Å². The highest BCUT2D eigenvalue weighted by molar-refractivity contribution is 8.15. The summed E-state index contributed by atoms with van der Waals surface area (Å²) in [5.41, 5.74) is 1.34. The van der Waals surface area contributed by atoms with Crippen LogP contribution in [0.25, 0.3) is 0 Å². The summed E-state index contributed by atoms with van der Waals surface area (Å²) < 4.78 is 0. The molecule has 0 spiro atoms. The van der Waals surface area contributed by atoms with E-state index in [4.69, 9.17) is 23.2 Å². The molecule has 0 unspecified atom stereocenters. The number of halogens is 2. The van der Waals surface area contributed by atoms with Gasteiger partial charge in [-0.15, -0.1) is 5.10 Å². The van der Waals surface area contributed by atoms with E-state index in [0.29, 0.717) is 26.5 Å². The van der Waals surface area contributed by atoms with Crippen molar-refractivity contribution in [3.8, 4) is 0 Å². The van der Waals surface area contributed by atoms with Crippen LogP contribution in [0.1, 0.15) is 12.0 Å². The molecule has 2 N–H and O–H groups in total. The van der Waals surface area contributed by atoms with E-state index in [9.17, 15) is 9.59 Å². The van der Waals surface area contributed by atoms with Gasteiger partial charge in [0.15, 0.2) is 5.17 Å². The summed E-state index contributed by atoms with van der Waals surface area (Å²) in [6, 6.07) is 14.1. The number of nitrogens with zero attached hydrogens (tertiary/aromatic N) is 2. The molecular weight excluding hydrogens is 407 g/mol. The summed E-state index contributed by atoms with van der Waals surface area (Å²) in [5, 5.41) is 14.0. The van der Waals surface area contributed by atoms with Crippen molar-refractivity contribution in [2.45, 2.75) is 11.7 Å². The zero-order valence-corrected chi connectivity index (χ0v) is 16.2. The second-order valence-electron chi connectivity index (χ2n) is 5.53. The molecule has 1 aliphatic heterocycles. The summed E-state index contributed by atoms with van der Waals surface area (Å²) in [5.74, 6) is -0.520. The predicted octanol–water partition coefficient (Wildman–Crippen LogP) is 3.94. The molecule has 2 aromatic rings. The smallest absolute Gasteiger partial charge is 0.240 e. The number of para-hydroxylation sites is 1. The highest BCUT2D eigenvalue weighted by Gasteiger charge is 2.32. The van der Waals surface area contributed by atoms with Gasteiger partial charge in [-0.1, -0.05) is 59.2 Å². The van der Waals surface area contributed by atoms with E-state index < -0.39 is 5.25 Å². The topological polar surface area (TPSA) is 82.9 Å². The minimum absolute atomic E-state index is 0.0388. The summed E-state index contributed by atoms with van der Waals surface area (Å²) in [4.78, 5) is 24.1. The summed E-state index contributed by atoms with van der Waals surface area (Å²) in [6.07, 6.45) is 1.50. The van der Waals surface area contributed by atoms with Crippen molar-refractivity contribution in [3.63, 3.8) is 0 Å². The number of carbonyl (C=O) groups excluding carboxylic acids is 2. The first-order valence-electron chi connectivity index (χ1n) is 7.90. The van der Waals surface area contributed by atoms with E-state index in [0.717, 1.165) is 11.8 Å². The fourth-order valence-corrected chi connectivity index (χ4v) is 3.62. The maximum absolute atomic E-state index is 12.1. The molecule has 2 aromatic carbocycles. The van der Waals surface area contributed by atoms with Gasteiger partial charge in [0.2, 0.25) is 11.8 Å². The lowest BCUT2D eigenvalue weighted by atomic mass is 10.2. The molecular formula is C18H14Cl2N4O2S. The van der Waals surface area contributed by atoms with Crippen LogP contribution in [-0.2, 0) is 9.59 Å². The van der Waals surface area contributed by atoms with Gasteiger partial charge < -0.3 is 10.6 Å². The minimum Gasteiger partial charge on any atom is -0.326 e. The molecule has 0 bridgehead atoms. The highest BCUT2D eigenvalue weighted by atomic mass is 35.5. The third kappa shape index (κ3) is 5.56. The standard InChI is InChI=1S/C18H14Cl2N4O2S/c19-12-7-6-11(14(20)8-12)10-21-24-18-23-17(26)15(27-18)9-16(25)22-13-4-2-1-3-5-13/h1-8,10,15H,9H2,(H,22,25)(H,23,24,26)/b21-10-/t15-/m1/s1. The average molecular weight is 421 g/mol. The molecule has 1 atom stereocenters. The van der Waals surface area contributed by atoms with Crippen LogP contribution in [0.4, 0.5) is 5.69 Å². The highest BCUT2D eigenvalue weighted by Crippen LogP contribution is 2.23. The number of rotatable bonds is 5. The zero-order valence-electron chi connectivity index (χ0n) is 13.9. The molecule has 0 radical (unpaired) electrons. The second kappa shape index (κ2) is 9.03. The number of nitrogens with one attached hydrogen (secondary N) is 2. The van der Waals surface area contributed by atoms with Gasteiger partial charge in [0, 0.05) is 22.7 Å². The normalized spacial score (nSPS) is 18.1. The molecule has 3 rings (SSSR count). The molecule has 0 aromatic heterocycles. The molecule has 0 aliphatic carbocycles. The van der Waals surface area contributed by atoms with Gasteiger partial charge >= 0.3 is 0 Å². The van der Waals surface area contributed by atoms with Gasteiger partial charge in [0.05, 0.1) is 11.2 Å². The van der Waals surface area contributed by atoms with Crippen molar-refractivity contribution in [1.29, 1.82) is 0 Å². The lowest BCUT2D eigenvalue weighted by molar-refractivity contribution is -0.122. The number of hydrogen-bond acceptors (Lipinski definition) is 5. The third-order valence-corrected chi connectivity index (χ3v) is 5.15. The van der Waals surface area contributed by atoms with Crippen LogP contribution in [0, 0.1) is 0 Å². The Hall–Kier alpha value is -2.35. The van der Waals surface area contributed by atoms with Gasteiger partial charge in [-0.3, -0.25) is 9.59 Å². The van der Waals surface area contributed by atoms with Crippen LogP contribution < -0.4 is 10.6 Å². The van der Waals surface area contributed by atoms with Crippen LogP contribution in [0.3, 0.4) is 0 Å². The van der Waals surface area contributed by atoms with Crippen molar-refractivity contribution < 1.29 is 9.59 Å². The minimum atomic E-state index is -0.554. The van der Waals surface area contributed by atoms with E-state index >= 15 is 0 Å². The summed E-state index contributed by atoms with van der Waals surface area (Å²) in [6.45, 7) is 0. The summed E-state index contributed by atoms with van der Waals surface area (Å²) >= 11 is 13.1. The monoisotopic (exact) mass is 420 g/mol. The first-order valence-corrected chi connectivity index (χ1v) is 9.53. The Bertz CT molecular complexity index is 919. The first-order chi connectivity index (χ1) is 13.0. The van der Waals surface area contributed by atoms with E-state index in [1.165, 1.54) is 6.21 Å². The molecule has 2 amide bonds. The lowest BCUT2D eigenvalue weighted by Gasteiger charge is -2.06. The number of thioether (sulfide) groups is 1. The van der Waals surface area contributed by atoms with Crippen LogP contribution in [-0.4, -0.2) is 28.4 Å². The van der Waals surface area contributed by atoms with Crippen molar-refractivity contribution in [2.75, 3.05) is 5.32 Å². The molecule has 1 fully saturated rings. The van der Waals surface area contributed by atoms with Crippen molar-refractivity contribution in [3.05, 3.63) is 64.1 Å². The second-order valence-corrected chi connectivity index (χ2v) is 7.56. The molecule has 6 nitrogen and oxygen atoms in total. The Kier molecular flexibility index (Phi) is 6.49. The van der Waals surface area contributed by atoms with Crippen LogP contribution >= 0.6 is 35.0 Å². The number of amidine groups is 1. The molecule has 0 saturated carbocycles. The van der Waals surface area contributed by atoms with E-state index in [1.54, 1.807) is 30.3 Å². The number of carbonyl (C=O) groups is 2. The molecule has 9 heteroatoms. The van der Waals surface area contributed by atoms with Crippen molar-refractivity contribution >= 4 is 63.8 Å². The first kappa shape index (κ1) is 19.4. The Morgan fingerprint density at radius 3 is 2.74 bits per heavy atom. The van der Waals surface area contributed by atoms with Crippen molar-refractivity contribution in [1.82, 2.24) is 5.32 Å². The van der Waals surface area contributed by atoms with Gasteiger partial charge in [-0.2, -0.15) is 5.10 Å². The maximum atomic E-state index is 12.1. The fraction of sp³-hybridized carbons (Fsp3) is 0.111. The SMILES string of the molecule is O=C(C[C@H]1S/C(=N\N=C/c2ccc(Cl)cc2Cl)NC1=O)Nc1ccccc1. The number of anilines is 1. The predicted molar refractivity (Wildman–Crippen MR) is 111 cm³/mol. The van der Waals surface area contributed by atoms with Crippen LogP contribution in [0.5, 0.6) is 0 Å². The number of hydrogen-bond donors (Lipinski definition) is 2. The van der Waals surface area contributed by atoms with Crippen molar-refractivity contribution in [2.24, 2.45) is 10.2 Å². The van der Waals surface area contributed by atoms with Gasteiger partial charge in [-0.25, -0.2) is 0 Å². The van der Waals surface area contributed by atoms with E-state index in [-0.39, 0.29) is 18.2 Å². The molecule has 27 heavy (non-hydrogen) atoms. The quantitative estimate of drug-likeness (QED) is 0.567. The van der Waals surface area contributed by atoms with Crippen LogP contribution in [0.2, 0.25) is 10.0 Å². The molecule has 1 heterocycles. The maximum Gasteiger partial charge on any atom is 0.240 e. The largest absolute Gasteiger partial charge is 0.326 e. The third-order valence-electron chi connectivity index (χ3n) is 3.51. The van der Waals surface area contributed by atoms with Crippen LogP contribution in [0.15, 0.2) is 58.7 Å². The Morgan fingerprint density at radius 2 is 2.00 bits per heavy atom. The fourth-order valence-electron chi connectivity index (χ4n) is 2.24.